The molecule has 2 amide bonds. The monoisotopic (exact) mass is 222 g/mol. The summed E-state index contributed by atoms with van der Waals surface area (Å²) >= 11 is 0. The number of hydrogen-bond acceptors (Lipinski definition) is 1. The molecule has 16 heavy (non-hydrogen) atoms. The van der Waals surface area contributed by atoms with E-state index in [1.807, 2.05) is 4.90 Å². The third-order valence-corrected chi connectivity index (χ3v) is 4.34. The first kappa shape index (κ1) is 10.4. The Morgan fingerprint density at radius 2 is 1.69 bits per heavy atom. The van der Waals surface area contributed by atoms with Crippen LogP contribution in [0.25, 0.3) is 0 Å². The molecule has 1 N–H and O–H groups in total. The molecule has 0 unspecified atom stereocenters. The lowest BCUT2D eigenvalue weighted by molar-refractivity contribution is 0.205. The van der Waals surface area contributed by atoms with Crippen molar-refractivity contribution in [2.45, 2.75) is 38.5 Å². The zero-order chi connectivity index (χ0) is 11.0. The highest BCUT2D eigenvalue weighted by Crippen LogP contribution is 2.48. The van der Waals surface area contributed by atoms with Gasteiger partial charge in [-0.25, -0.2) is 4.79 Å². The predicted octanol–water partition coefficient (Wildman–Crippen LogP) is 2.23. The molecule has 0 aromatic carbocycles. The van der Waals surface area contributed by atoms with E-state index in [0.717, 1.165) is 37.4 Å². The van der Waals surface area contributed by atoms with Crippen LogP contribution in [0.15, 0.2) is 0 Å². The van der Waals surface area contributed by atoms with Gasteiger partial charge in [0.05, 0.1) is 0 Å². The van der Waals surface area contributed by atoms with Crippen molar-refractivity contribution in [3.63, 3.8) is 0 Å². The standard InChI is InChI=1S/C13H22N2O/c16-13(15-7-1-2-8-15)14-9-12(10-3-4-10)11-5-6-11/h10-12H,1-9H2,(H,14,16). The van der Waals surface area contributed by atoms with Gasteiger partial charge in [-0.1, -0.05) is 0 Å². The number of carbonyl (C=O) groups is 1. The third-order valence-electron chi connectivity index (χ3n) is 4.34. The van der Waals surface area contributed by atoms with E-state index >= 15 is 0 Å². The molecule has 3 fully saturated rings. The fourth-order valence-electron chi connectivity index (χ4n) is 3.00. The van der Waals surface area contributed by atoms with Crippen molar-refractivity contribution >= 4 is 6.03 Å². The van der Waals surface area contributed by atoms with Crippen LogP contribution in [-0.2, 0) is 0 Å². The van der Waals surface area contributed by atoms with Gasteiger partial charge in [-0.2, -0.15) is 0 Å². The van der Waals surface area contributed by atoms with E-state index in [2.05, 4.69) is 5.32 Å². The number of rotatable bonds is 4. The maximum absolute atomic E-state index is 11.9. The molecule has 90 valence electrons. The van der Waals surface area contributed by atoms with E-state index in [1.54, 1.807) is 0 Å². The Morgan fingerprint density at radius 1 is 1.12 bits per heavy atom. The topological polar surface area (TPSA) is 32.3 Å². The van der Waals surface area contributed by atoms with Gasteiger partial charge in [0.25, 0.3) is 0 Å². The molecule has 3 nitrogen and oxygen atoms in total. The summed E-state index contributed by atoms with van der Waals surface area (Å²) in [5, 5.41) is 3.15. The number of likely N-dealkylation sites (tertiary alicyclic amines) is 1. The molecule has 0 aromatic heterocycles. The summed E-state index contributed by atoms with van der Waals surface area (Å²) in [5.41, 5.74) is 0. The maximum atomic E-state index is 11.9. The SMILES string of the molecule is O=C(NCC(C1CC1)C1CC1)N1CCCC1. The molecule has 1 saturated heterocycles. The Balaban J connectivity index is 1.45. The summed E-state index contributed by atoms with van der Waals surface area (Å²) in [6.07, 6.45) is 7.98. The maximum Gasteiger partial charge on any atom is 0.317 e. The van der Waals surface area contributed by atoms with Gasteiger partial charge in [0.2, 0.25) is 0 Å². The first-order chi connectivity index (χ1) is 7.84. The second-order valence-electron chi connectivity index (χ2n) is 5.72. The van der Waals surface area contributed by atoms with E-state index < -0.39 is 0 Å². The van der Waals surface area contributed by atoms with Crippen LogP contribution in [0, 0.1) is 17.8 Å². The smallest absolute Gasteiger partial charge is 0.317 e. The highest BCUT2D eigenvalue weighted by molar-refractivity contribution is 5.74. The second-order valence-corrected chi connectivity index (χ2v) is 5.72. The van der Waals surface area contributed by atoms with Crippen LogP contribution in [0.3, 0.4) is 0 Å². The van der Waals surface area contributed by atoms with Gasteiger partial charge in [-0.05, 0) is 56.3 Å². The lowest BCUT2D eigenvalue weighted by Crippen LogP contribution is -2.40. The van der Waals surface area contributed by atoms with E-state index in [4.69, 9.17) is 0 Å². The molecule has 0 radical (unpaired) electrons. The summed E-state index contributed by atoms with van der Waals surface area (Å²) in [7, 11) is 0. The highest BCUT2D eigenvalue weighted by atomic mass is 16.2. The molecule has 0 aromatic rings. The van der Waals surface area contributed by atoms with Crippen molar-refractivity contribution in [3.8, 4) is 0 Å². The summed E-state index contributed by atoms with van der Waals surface area (Å²) < 4.78 is 0. The van der Waals surface area contributed by atoms with Crippen molar-refractivity contribution in [1.29, 1.82) is 0 Å². The number of carbonyl (C=O) groups excluding carboxylic acids is 1. The molecule has 1 aliphatic heterocycles. The fourth-order valence-corrected chi connectivity index (χ4v) is 3.00. The minimum atomic E-state index is 0.184. The molecule has 3 rings (SSSR count). The Hall–Kier alpha value is -0.730. The van der Waals surface area contributed by atoms with Crippen molar-refractivity contribution in [3.05, 3.63) is 0 Å². The predicted molar refractivity (Wildman–Crippen MR) is 63.1 cm³/mol. The van der Waals surface area contributed by atoms with Gasteiger partial charge in [0.1, 0.15) is 0 Å². The van der Waals surface area contributed by atoms with Gasteiger partial charge < -0.3 is 10.2 Å². The molecule has 2 aliphatic carbocycles. The van der Waals surface area contributed by atoms with Crippen molar-refractivity contribution < 1.29 is 4.79 Å². The number of nitrogens with one attached hydrogen (secondary N) is 1. The van der Waals surface area contributed by atoms with Crippen LogP contribution in [0.5, 0.6) is 0 Å². The zero-order valence-corrected chi connectivity index (χ0v) is 9.95. The molecule has 3 heteroatoms. The van der Waals surface area contributed by atoms with Gasteiger partial charge >= 0.3 is 6.03 Å². The van der Waals surface area contributed by atoms with Crippen LogP contribution in [0.2, 0.25) is 0 Å². The molecular formula is C13H22N2O. The van der Waals surface area contributed by atoms with Crippen LogP contribution >= 0.6 is 0 Å². The molecule has 2 saturated carbocycles. The van der Waals surface area contributed by atoms with Gasteiger partial charge in [0, 0.05) is 19.6 Å². The van der Waals surface area contributed by atoms with Crippen LogP contribution < -0.4 is 5.32 Å². The van der Waals surface area contributed by atoms with E-state index in [-0.39, 0.29) is 6.03 Å². The number of hydrogen-bond donors (Lipinski definition) is 1. The van der Waals surface area contributed by atoms with Crippen LogP contribution in [-0.4, -0.2) is 30.6 Å². The number of nitrogens with zero attached hydrogens (tertiary/aromatic N) is 1. The average molecular weight is 222 g/mol. The van der Waals surface area contributed by atoms with E-state index in [1.165, 1.54) is 38.5 Å². The Bertz CT molecular complexity index is 253. The number of urea groups is 1. The molecule has 3 aliphatic rings. The zero-order valence-electron chi connectivity index (χ0n) is 9.95. The van der Waals surface area contributed by atoms with E-state index in [9.17, 15) is 4.79 Å². The summed E-state index contributed by atoms with van der Waals surface area (Å²) in [6.45, 7) is 2.86. The fraction of sp³-hybridized carbons (Fsp3) is 0.923. The lowest BCUT2D eigenvalue weighted by Gasteiger charge is -2.20. The van der Waals surface area contributed by atoms with Gasteiger partial charge in [-0.3, -0.25) is 0 Å². The van der Waals surface area contributed by atoms with Crippen molar-refractivity contribution in [1.82, 2.24) is 10.2 Å². The first-order valence-corrected chi connectivity index (χ1v) is 6.87. The second kappa shape index (κ2) is 4.27. The Labute approximate surface area is 97.6 Å². The molecule has 1 heterocycles. The molecular weight excluding hydrogens is 200 g/mol. The average Bonchev–Trinajstić information content (AvgIpc) is 3.21. The number of amides is 2. The lowest BCUT2D eigenvalue weighted by atomic mass is 9.98. The Morgan fingerprint density at radius 3 is 2.19 bits per heavy atom. The van der Waals surface area contributed by atoms with Crippen LogP contribution in [0.1, 0.15) is 38.5 Å². The van der Waals surface area contributed by atoms with Crippen molar-refractivity contribution in [2.75, 3.05) is 19.6 Å². The normalized spacial score (nSPS) is 25.2. The van der Waals surface area contributed by atoms with Crippen molar-refractivity contribution in [2.24, 2.45) is 17.8 Å². The van der Waals surface area contributed by atoms with Crippen LogP contribution in [0.4, 0.5) is 4.79 Å². The quantitative estimate of drug-likeness (QED) is 0.777. The van der Waals surface area contributed by atoms with E-state index in [0.29, 0.717) is 0 Å². The minimum absolute atomic E-state index is 0.184. The molecule has 0 spiro atoms. The summed E-state index contributed by atoms with van der Waals surface area (Å²) in [6, 6.07) is 0.184. The Kier molecular flexibility index (Phi) is 2.78. The summed E-state index contributed by atoms with van der Waals surface area (Å²) in [5.74, 6) is 2.67. The first-order valence-electron chi connectivity index (χ1n) is 6.87. The molecule has 0 bridgehead atoms. The highest BCUT2D eigenvalue weighted by Gasteiger charge is 2.41. The van der Waals surface area contributed by atoms with Gasteiger partial charge in [-0.15, -0.1) is 0 Å². The minimum Gasteiger partial charge on any atom is -0.338 e. The largest absolute Gasteiger partial charge is 0.338 e. The van der Waals surface area contributed by atoms with Gasteiger partial charge in [0.15, 0.2) is 0 Å². The summed E-state index contributed by atoms with van der Waals surface area (Å²) in [4.78, 5) is 13.8. The third kappa shape index (κ3) is 2.33. The molecule has 0 atom stereocenters.